The van der Waals surface area contributed by atoms with Crippen LogP contribution >= 0.6 is 0 Å². The summed E-state index contributed by atoms with van der Waals surface area (Å²) in [5.41, 5.74) is 9.16. The predicted molar refractivity (Wildman–Crippen MR) is 162 cm³/mol. The van der Waals surface area contributed by atoms with Gasteiger partial charge in [0.2, 0.25) is 5.52 Å². The summed E-state index contributed by atoms with van der Waals surface area (Å²) >= 11 is 0. The molecule has 0 N–H and O–H groups in total. The number of pyridine rings is 4. The molecule has 11 rings (SSSR count). The van der Waals surface area contributed by atoms with E-state index in [1.165, 1.54) is 92.7 Å². The second kappa shape index (κ2) is 6.11. The monoisotopic (exact) mass is 494 g/mol. The first kappa shape index (κ1) is 19.0. The Hall–Kier alpha value is -5.15. The Kier molecular flexibility index (Phi) is 2.98. The molecule has 0 spiro atoms. The number of hydrogen-bond donors (Lipinski definition) is 0. The van der Waals surface area contributed by atoms with Crippen LogP contribution in [0, 0.1) is 0 Å². The lowest BCUT2D eigenvalue weighted by molar-refractivity contribution is -0.539. The van der Waals surface area contributed by atoms with Crippen molar-refractivity contribution in [3.8, 4) is 0 Å². The van der Waals surface area contributed by atoms with Crippen LogP contribution in [0.25, 0.3) is 93.2 Å². The van der Waals surface area contributed by atoms with Gasteiger partial charge in [0.05, 0.1) is 50.2 Å². The molecule has 1 aliphatic rings. The third-order valence-electron chi connectivity index (χ3n) is 9.46. The molecule has 0 unspecified atom stereocenters. The average molecular weight is 495 g/mol. The van der Waals surface area contributed by atoms with Gasteiger partial charge in [-0.1, -0.05) is 60.7 Å². The van der Waals surface area contributed by atoms with Gasteiger partial charge in [0.25, 0.3) is 0 Å². The second-order valence-electron chi connectivity index (χ2n) is 11.1. The van der Waals surface area contributed by atoms with Crippen LogP contribution in [-0.4, -0.2) is 8.80 Å². The minimum atomic E-state index is 0.952. The highest BCUT2D eigenvalue weighted by Crippen LogP contribution is 2.49. The van der Waals surface area contributed by atoms with Gasteiger partial charge in [0.15, 0.2) is 11.9 Å². The summed E-state index contributed by atoms with van der Waals surface area (Å²) in [7, 11) is 0. The molecular formula is C36H20N3+. The van der Waals surface area contributed by atoms with Crippen LogP contribution in [-0.2, 0) is 6.42 Å². The lowest BCUT2D eigenvalue weighted by Gasteiger charge is -2.21. The molecule has 10 aromatic rings. The van der Waals surface area contributed by atoms with Gasteiger partial charge in [-0.2, -0.15) is 4.57 Å². The van der Waals surface area contributed by atoms with E-state index in [4.69, 9.17) is 0 Å². The van der Waals surface area contributed by atoms with E-state index < -0.39 is 0 Å². The lowest BCUT2D eigenvalue weighted by Crippen LogP contribution is -2.30. The number of hydrogen-bond acceptors (Lipinski definition) is 0. The first-order chi connectivity index (χ1) is 19.4. The fraction of sp³-hybridized carbons (Fsp3) is 0.0278. The Labute approximate surface area is 221 Å². The average Bonchev–Trinajstić information content (AvgIpc) is 3.76. The van der Waals surface area contributed by atoms with Crippen LogP contribution in [0.4, 0.5) is 0 Å². The van der Waals surface area contributed by atoms with Crippen LogP contribution < -0.4 is 4.57 Å². The van der Waals surface area contributed by atoms with Crippen LogP contribution in [0.3, 0.4) is 0 Å². The molecule has 4 aromatic carbocycles. The number of nitrogens with zero attached hydrogens (tertiary/aromatic N) is 3. The number of benzene rings is 4. The smallest absolute Gasteiger partial charge is 0.230 e. The zero-order chi connectivity index (χ0) is 25.0. The van der Waals surface area contributed by atoms with Gasteiger partial charge < -0.3 is 8.80 Å². The molecule has 39 heavy (non-hydrogen) atoms. The third kappa shape index (κ3) is 1.91. The van der Waals surface area contributed by atoms with Crippen LogP contribution in [0.1, 0.15) is 5.69 Å². The molecule has 0 amide bonds. The van der Waals surface area contributed by atoms with Crippen molar-refractivity contribution in [2.75, 3.05) is 0 Å². The van der Waals surface area contributed by atoms with Crippen molar-refractivity contribution in [2.45, 2.75) is 6.42 Å². The highest BCUT2D eigenvalue weighted by atomic mass is 15.0. The molecule has 0 fully saturated rings. The summed E-state index contributed by atoms with van der Waals surface area (Å²) in [6.45, 7) is 0. The van der Waals surface area contributed by atoms with Crippen molar-refractivity contribution in [3.05, 3.63) is 109 Å². The van der Waals surface area contributed by atoms with Gasteiger partial charge in [-0.05, 0) is 47.2 Å². The maximum absolute atomic E-state index is 2.55. The number of allylic oxidation sites excluding steroid dienone is 1. The van der Waals surface area contributed by atoms with Crippen LogP contribution in [0.15, 0.2) is 103 Å². The molecular weight excluding hydrogens is 474 g/mol. The fourth-order valence-electron chi connectivity index (χ4n) is 8.09. The highest BCUT2D eigenvalue weighted by Gasteiger charge is 2.33. The summed E-state index contributed by atoms with van der Waals surface area (Å²) in [5, 5.41) is 13.4. The van der Waals surface area contributed by atoms with E-state index in [-0.39, 0.29) is 0 Å². The Morgan fingerprint density at radius 2 is 1.21 bits per heavy atom. The summed E-state index contributed by atoms with van der Waals surface area (Å²) in [6, 6.07) is 34.0. The highest BCUT2D eigenvalue weighted by molar-refractivity contribution is 6.41. The minimum absolute atomic E-state index is 0.952. The maximum atomic E-state index is 2.55. The fourth-order valence-corrected chi connectivity index (χ4v) is 8.09. The maximum Gasteiger partial charge on any atom is 0.230 e. The van der Waals surface area contributed by atoms with Gasteiger partial charge in [0.1, 0.15) is 0 Å². The van der Waals surface area contributed by atoms with Crippen LogP contribution in [0.5, 0.6) is 0 Å². The van der Waals surface area contributed by atoms with Crippen molar-refractivity contribution in [2.24, 2.45) is 0 Å². The third-order valence-corrected chi connectivity index (χ3v) is 9.46. The second-order valence-corrected chi connectivity index (χ2v) is 11.1. The number of aromatic nitrogens is 3. The zero-order valence-electron chi connectivity index (χ0n) is 20.9. The summed E-state index contributed by atoms with van der Waals surface area (Å²) < 4.78 is 7.50. The van der Waals surface area contributed by atoms with Crippen molar-refractivity contribution < 1.29 is 4.57 Å². The van der Waals surface area contributed by atoms with Gasteiger partial charge in [0, 0.05) is 33.1 Å². The van der Waals surface area contributed by atoms with E-state index in [0.717, 1.165) is 6.42 Å². The topological polar surface area (TPSA) is 12.7 Å². The molecule has 3 heteroatoms. The summed E-state index contributed by atoms with van der Waals surface area (Å²) in [5.74, 6) is 0. The summed E-state index contributed by atoms with van der Waals surface area (Å²) in [6.07, 6.45) is 7.83. The van der Waals surface area contributed by atoms with Crippen molar-refractivity contribution in [1.82, 2.24) is 8.80 Å². The first-order valence-electron chi connectivity index (χ1n) is 13.7. The number of fused-ring (bicyclic) bond motifs is 15. The zero-order valence-corrected chi connectivity index (χ0v) is 20.9. The van der Waals surface area contributed by atoms with Crippen molar-refractivity contribution in [1.29, 1.82) is 0 Å². The number of rotatable bonds is 0. The molecule has 0 radical (unpaired) electrons. The SMILES string of the molecule is C1=C[n+]2c(c3cccc4c3c3c5c(c6ccccc6c6ccc4n65)c4c(c5ccccc5c5cccn54)c32)C1. The standard InChI is InChI=1S/C36H20N3/c1-3-10-22-20(8-1)26-14-6-18-37(26)34-31(22)35-33-30-24(27-15-7-19-38(27)35)12-5-13-25(30)29-17-16-28-21-9-2-4-11-23(21)32(34)36(33)39(28)29/h1-14,16-19H,15H2/q+1. The molecule has 7 heterocycles. The quantitative estimate of drug-likeness (QED) is 0.114. The largest absolute Gasteiger partial charge is 0.315 e. The van der Waals surface area contributed by atoms with E-state index in [2.05, 4.69) is 123 Å². The van der Waals surface area contributed by atoms with Gasteiger partial charge in [-0.15, -0.1) is 0 Å². The Morgan fingerprint density at radius 1 is 0.513 bits per heavy atom. The van der Waals surface area contributed by atoms with E-state index in [1.807, 2.05) is 0 Å². The Morgan fingerprint density at radius 3 is 2.05 bits per heavy atom. The molecule has 0 bridgehead atoms. The Balaban J connectivity index is 1.70. The molecule has 0 atom stereocenters. The van der Waals surface area contributed by atoms with E-state index in [0.29, 0.717) is 0 Å². The van der Waals surface area contributed by atoms with E-state index in [1.54, 1.807) is 0 Å². The molecule has 1 aliphatic heterocycles. The predicted octanol–water partition coefficient (Wildman–Crippen LogP) is 8.45. The molecule has 6 aromatic heterocycles. The summed E-state index contributed by atoms with van der Waals surface area (Å²) in [4.78, 5) is 0. The van der Waals surface area contributed by atoms with Crippen molar-refractivity contribution in [3.63, 3.8) is 0 Å². The molecule has 178 valence electrons. The van der Waals surface area contributed by atoms with Gasteiger partial charge >= 0.3 is 0 Å². The van der Waals surface area contributed by atoms with E-state index in [9.17, 15) is 0 Å². The first-order valence-corrected chi connectivity index (χ1v) is 13.7. The van der Waals surface area contributed by atoms with Gasteiger partial charge in [-0.3, -0.25) is 0 Å². The van der Waals surface area contributed by atoms with E-state index >= 15 is 0 Å². The van der Waals surface area contributed by atoms with Gasteiger partial charge in [-0.25, -0.2) is 0 Å². The van der Waals surface area contributed by atoms with Crippen molar-refractivity contribution >= 4 is 93.2 Å². The minimum Gasteiger partial charge on any atom is -0.315 e. The lowest BCUT2D eigenvalue weighted by atomic mass is 9.90. The molecule has 0 saturated carbocycles. The Bertz CT molecular complexity index is 2710. The molecule has 0 saturated heterocycles. The normalized spacial score (nSPS) is 13.9. The molecule has 0 aliphatic carbocycles. The molecule has 3 nitrogen and oxygen atoms in total. The van der Waals surface area contributed by atoms with Crippen LogP contribution in [0.2, 0.25) is 0 Å².